The van der Waals surface area contributed by atoms with Crippen LogP contribution in [0.3, 0.4) is 0 Å². The Morgan fingerprint density at radius 2 is 1.73 bits per heavy atom. The van der Waals surface area contributed by atoms with E-state index in [9.17, 15) is 14.4 Å². The molecule has 2 aromatic rings. The Morgan fingerprint density at radius 1 is 1.05 bits per heavy atom. The molecule has 22 heavy (non-hydrogen) atoms. The van der Waals surface area contributed by atoms with Crippen molar-refractivity contribution < 1.29 is 9.21 Å². The van der Waals surface area contributed by atoms with Crippen LogP contribution in [0.25, 0.3) is 11.0 Å². The average Bonchev–Trinajstić information content (AvgIpc) is 2.49. The van der Waals surface area contributed by atoms with Gasteiger partial charge in [0.2, 0.25) is 0 Å². The Morgan fingerprint density at radius 3 is 2.50 bits per heavy atom. The van der Waals surface area contributed by atoms with Crippen LogP contribution >= 0.6 is 0 Å². The molecule has 0 amide bonds. The van der Waals surface area contributed by atoms with Crippen LogP contribution in [-0.2, 0) is 11.3 Å². The number of aromatic nitrogens is 1. The van der Waals surface area contributed by atoms with Gasteiger partial charge in [-0.05, 0) is 31.9 Å². The van der Waals surface area contributed by atoms with E-state index in [1.807, 2.05) is 0 Å². The normalized spacial score (nSPS) is 11.0. The molecule has 118 valence electrons. The van der Waals surface area contributed by atoms with E-state index in [0.717, 1.165) is 36.7 Å². The van der Waals surface area contributed by atoms with E-state index in [2.05, 4.69) is 0 Å². The van der Waals surface area contributed by atoms with Gasteiger partial charge in [0, 0.05) is 13.0 Å². The van der Waals surface area contributed by atoms with Gasteiger partial charge in [-0.1, -0.05) is 31.4 Å². The summed E-state index contributed by atoms with van der Waals surface area (Å²) in [6, 6.07) is 6.77. The number of carbonyl (C=O) groups is 1. The van der Waals surface area contributed by atoms with Crippen LogP contribution in [0.2, 0.25) is 0 Å². The number of hydrogen-bond acceptors (Lipinski definition) is 4. The summed E-state index contributed by atoms with van der Waals surface area (Å²) in [5.41, 5.74) is 0.0430. The number of hydrogen-bond donors (Lipinski definition) is 0. The molecule has 5 nitrogen and oxygen atoms in total. The molecule has 1 heterocycles. The minimum atomic E-state index is -0.597. The highest BCUT2D eigenvalue weighted by Gasteiger charge is 2.08. The molecule has 0 unspecified atom stereocenters. The monoisotopic (exact) mass is 303 g/mol. The van der Waals surface area contributed by atoms with Gasteiger partial charge in [0.25, 0.3) is 5.56 Å². The van der Waals surface area contributed by atoms with Crippen molar-refractivity contribution in [3.05, 3.63) is 45.2 Å². The average molecular weight is 303 g/mol. The van der Waals surface area contributed by atoms with Crippen LogP contribution in [0.1, 0.15) is 45.4 Å². The SMILES string of the molecule is CC(=O)CCCCCCCn1c(=O)oc2ccccc2c1=O. The van der Waals surface area contributed by atoms with Gasteiger partial charge in [-0.2, -0.15) is 0 Å². The van der Waals surface area contributed by atoms with Crippen molar-refractivity contribution in [2.45, 2.75) is 52.0 Å². The predicted octanol–water partition coefficient (Wildman–Crippen LogP) is 2.88. The molecule has 2 rings (SSSR count). The molecular weight excluding hydrogens is 282 g/mol. The molecule has 0 saturated carbocycles. The van der Waals surface area contributed by atoms with Crippen molar-refractivity contribution in [1.82, 2.24) is 4.57 Å². The number of unbranched alkanes of at least 4 members (excludes halogenated alkanes) is 4. The van der Waals surface area contributed by atoms with Gasteiger partial charge in [-0.15, -0.1) is 0 Å². The van der Waals surface area contributed by atoms with Crippen molar-refractivity contribution >= 4 is 16.8 Å². The van der Waals surface area contributed by atoms with E-state index < -0.39 is 5.76 Å². The molecule has 0 radical (unpaired) electrons. The summed E-state index contributed by atoms with van der Waals surface area (Å²) >= 11 is 0. The summed E-state index contributed by atoms with van der Waals surface area (Å²) in [6.45, 7) is 1.98. The number of nitrogens with zero attached hydrogens (tertiary/aromatic N) is 1. The van der Waals surface area contributed by atoms with Crippen molar-refractivity contribution in [2.75, 3.05) is 0 Å². The molecule has 1 aromatic heterocycles. The van der Waals surface area contributed by atoms with E-state index in [4.69, 9.17) is 4.42 Å². The third-order valence-corrected chi connectivity index (χ3v) is 3.69. The molecule has 0 atom stereocenters. The largest absolute Gasteiger partial charge is 0.422 e. The highest BCUT2D eigenvalue weighted by atomic mass is 16.4. The van der Waals surface area contributed by atoms with Crippen molar-refractivity contribution in [3.8, 4) is 0 Å². The minimum Gasteiger partial charge on any atom is -0.409 e. The summed E-state index contributed by atoms with van der Waals surface area (Å²) in [4.78, 5) is 34.9. The fourth-order valence-electron chi connectivity index (χ4n) is 2.48. The zero-order valence-electron chi connectivity index (χ0n) is 12.8. The van der Waals surface area contributed by atoms with Crippen molar-refractivity contribution in [2.24, 2.45) is 0 Å². The Hall–Kier alpha value is -2.17. The molecule has 5 heteroatoms. The molecule has 0 aliphatic carbocycles. The van der Waals surface area contributed by atoms with E-state index in [1.165, 1.54) is 0 Å². The lowest BCUT2D eigenvalue weighted by atomic mass is 10.1. The van der Waals surface area contributed by atoms with Crippen LogP contribution in [0.5, 0.6) is 0 Å². The number of carbonyl (C=O) groups excluding carboxylic acids is 1. The molecule has 0 aliphatic heterocycles. The maximum atomic E-state index is 12.3. The van der Waals surface area contributed by atoms with Gasteiger partial charge in [-0.3, -0.25) is 4.79 Å². The van der Waals surface area contributed by atoms with Crippen LogP contribution in [0, 0.1) is 0 Å². The van der Waals surface area contributed by atoms with E-state index >= 15 is 0 Å². The number of Topliss-reactive ketones (excluding diaryl/α,β-unsaturated/α-hetero) is 1. The lowest BCUT2D eigenvalue weighted by molar-refractivity contribution is -0.117. The predicted molar refractivity (Wildman–Crippen MR) is 85.1 cm³/mol. The zero-order valence-corrected chi connectivity index (χ0v) is 12.8. The van der Waals surface area contributed by atoms with Gasteiger partial charge in [0.1, 0.15) is 11.4 Å². The maximum absolute atomic E-state index is 12.3. The lowest BCUT2D eigenvalue weighted by Gasteiger charge is -2.05. The first kappa shape index (κ1) is 16.2. The number of rotatable bonds is 8. The van der Waals surface area contributed by atoms with Crippen LogP contribution in [0.4, 0.5) is 0 Å². The second kappa shape index (κ2) is 7.73. The Kier molecular flexibility index (Phi) is 5.69. The first-order valence-electron chi connectivity index (χ1n) is 7.71. The van der Waals surface area contributed by atoms with E-state index in [-0.39, 0.29) is 11.3 Å². The summed E-state index contributed by atoms with van der Waals surface area (Å²) in [7, 11) is 0. The molecule has 0 saturated heterocycles. The standard InChI is InChI=1S/C17H21NO4/c1-13(19)9-5-3-2-4-8-12-18-16(20)14-10-6-7-11-15(14)22-17(18)21/h6-7,10-11H,2-5,8-9,12H2,1H3. The molecule has 0 aliphatic rings. The third kappa shape index (κ3) is 4.16. The lowest BCUT2D eigenvalue weighted by Crippen LogP contribution is -2.32. The van der Waals surface area contributed by atoms with Gasteiger partial charge < -0.3 is 9.21 Å². The smallest absolute Gasteiger partial charge is 0.409 e. The van der Waals surface area contributed by atoms with Crippen molar-refractivity contribution in [3.63, 3.8) is 0 Å². The topological polar surface area (TPSA) is 69.3 Å². The summed E-state index contributed by atoms with van der Waals surface area (Å²) in [5, 5.41) is 0.434. The summed E-state index contributed by atoms with van der Waals surface area (Å²) < 4.78 is 6.33. The van der Waals surface area contributed by atoms with Crippen LogP contribution in [0.15, 0.2) is 38.3 Å². The summed E-state index contributed by atoms with van der Waals surface area (Å²) in [6.07, 6.45) is 5.22. The molecular formula is C17H21NO4. The van der Waals surface area contributed by atoms with E-state index in [0.29, 0.717) is 23.9 Å². The fourth-order valence-corrected chi connectivity index (χ4v) is 2.48. The molecule has 0 N–H and O–H groups in total. The first-order valence-corrected chi connectivity index (χ1v) is 7.71. The highest BCUT2D eigenvalue weighted by Crippen LogP contribution is 2.08. The molecule has 0 bridgehead atoms. The van der Waals surface area contributed by atoms with Crippen LogP contribution in [-0.4, -0.2) is 10.4 Å². The van der Waals surface area contributed by atoms with Gasteiger partial charge in [-0.25, -0.2) is 9.36 Å². The second-order valence-electron chi connectivity index (χ2n) is 5.54. The van der Waals surface area contributed by atoms with Crippen molar-refractivity contribution in [1.29, 1.82) is 0 Å². The molecule has 0 fully saturated rings. The van der Waals surface area contributed by atoms with E-state index in [1.54, 1.807) is 31.2 Å². The quantitative estimate of drug-likeness (QED) is 0.703. The highest BCUT2D eigenvalue weighted by molar-refractivity contribution is 5.75. The Balaban J connectivity index is 1.91. The van der Waals surface area contributed by atoms with Gasteiger partial charge in [0.15, 0.2) is 0 Å². The number of ketones is 1. The third-order valence-electron chi connectivity index (χ3n) is 3.69. The number of benzene rings is 1. The maximum Gasteiger partial charge on any atom is 0.422 e. The minimum absolute atomic E-state index is 0.223. The second-order valence-corrected chi connectivity index (χ2v) is 5.54. The molecule has 1 aromatic carbocycles. The fraction of sp³-hybridized carbons (Fsp3) is 0.471. The number of fused-ring (bicyclic) bond motifs is 1. The Bertz CT molecular complexity index is 757. The zero-order chi connectivity index (χ0) is 15.9. The number of para-hydroxylation sites is 1. The summed E-state index contributed by atoms with van der Waals surface area (Å²) in [5.74, 6) is -0.374. The van der Waals surface area contributed by atoms with Gasteiger partial charge >= 0.3 is 5.76 Å². The first-order chi connectivity index (χ1) is 10.6. The molecule has 0 spiro atoms. The van der Waals surface area contributed by atoms with Gasteiger partial charge in [0.05, 0.1) is 5.39 Å². The Labute approximate surface area is 128 Å². The van der Waals surface area contributed by atoms with Crippen LogP contribution < -0.4 is 11.3 Å².